The number of carbonyl (C=O) groups excluding carboxylic acids is 1. The third kappa shape index (κ3) is 7.68. The van der Waals surface area contributed by atoms with E-state index in [-0.39, 0.29) is 35.0 Å². The van der Waals surface area contributed by atoms with Gasteiger partial charge in [-0.25, -0.2) is 14.2 Å². The number of alkyl halides is 3. The van der Waals surface area contributed by atoms with E-state index in [4.69, 9.17) is 14.2 Å². The molecule has 9 nitrogen and oxygen atoms in total. The Morgan fingerprint density at radius 2 is 1.77 bits per heavy atom. The van der Waals surface area contributed by atoms with Crippen LogP contribution in [0.25, 0.3) is 34.2 Å². The molecule has 0 saturated carbocycles. The topological polar surface area (TPSA) is 100 Å². The summed E-state index contributed by atoms with van der Waals surface area (Å²) in [5, 5.41) is 2.63. The van der Waals surface area contributed by atoms with E-state index in [1.165, 1.54) is 29.0 Å². The van der Waals surface area contributed by atoms with Gasteiger partial charge in [0, 0.05) is 17.3 Å². The molecular weight excluding hydrogens is 618 g/mol. The van der Waals surface area contributed by atoms with E-state index in [1.807, 2.05) is 30.3 Å². The second-order valence-corrected chi connectivity index (χ2v) is 11.5. The van der Waals surface area contributed by atoms with Crippen LogP contribution in [0.2, 0.25) is 0 Å². The van der Waals surface area contributed by atoms with Gasteiger partial charge in [0.1, 0.15) is 29.6 Å². The molecule has 5 rings (SSSR count). The molecule has 0 spiro atoms. The van der Waals surface area contributed by atoms with Crippen molar-refractivity contribution in [2.75, 3.05) is 11.9 Å². The van der Waals surface area contributed by atoms with Gasteiger partial charge in [-0.05, 0) is 57.0 Å². The zero-order chi connectivity index (χ0) is 33.9. The molecule has 13 heteroatoms. The molecule has 5 aromatic rings. The van der Waals surface area contributed by atoms with Crippen molar-refractivity contribution in [2.24, 2.45) is 0 Å². The van der Waals surface area contributed by atoms with E-state index < -0.39 is 30.3 Å². The van der Waals surface area contributed by atoms with Crippen LogP contribution in [0.4, 0.5) is 28.0 Å². The second kappa shape index (κ2) is 13.1. The molecule has 3 heterocycles. The van der Waals surface area contributed by atoms with Gasteiger partial charge in [0.15, 0.2) is 18.2 Å². The minimum Gasteiger partial charge on any atom is -0.486 e. The molecule has 0 bridgehead atoms. The van der Waals surface area contributed by atoms with E-state index in [0.717, 1.165) is 11.9 Å². The maximum Gasteiger partial charge on any atom is 0.422 e. The summed E-state index contributed by atoms with van der Waals surface area (Å²) in [6.45, 7) is 9.32. The van der Waals surface area contributed by atoms with E-state index >= 15 is 4.39 Å². The van der Waals surface area contributed by atoms with Crippen LogP contribution in [0.3, 0.4) is 0 Å². The largest absolute Gasteiger partial charge is 0.486 e. The third-order valence-electron chi connectivity index (χ3n) is 6.68. The Kier molecular flexibility index (Phi) is 9.18. The van der Waals surface area contributed by atoms with Gasteiger partial charge in [-0.3, -0.25) is 10.3 Å². The predicted octanol–water partition coefficient (Wildman–Crippen LogP) is 8.44. The molecule has 0 aliphatic rings. The first-order chi connectivity index (χ1) is 22.2. The molecule has 1 amide bonds. The van der Waals surface area contributed by atoms with Crippen molar-refractivity contribution < 1.29 is 36.6 Å². The number of ether oxygens (including phenoxy) is 3. The highest BCUT2D eigenvalue weighted by atomic mass is 19.4. The number of nitrogens with one attached hydrogen (secondary N) is 1. The van der Waals surface area contributed by atoms with Crippen molar-refractivity contribution in [3.05, 3.63) is 96.2 Å². The Hall–Kier alpha value is -5.46. The lowest BCUT2D eigenvalue weighted by atomic mass is 10.1. The number of carbonyl (C=O) groups is 1. The summed E-state index contributed by atoms with van der Waals surface area (Å²) in [6.07, 6.45) is -1.40. The molecule has 0 unspecified atom stereocenters. The van der Waals surface area contributed by atoms with Crippen molar-refractivity contribution in [3.63, 3.8) is 0 Å². The molecule has 0 saturated heterocycles. The van der Waals surface area contributed by atoms with Gasteiger partial charge in [-0.2, -0.15) is 18.2 Å². The Morgan fingerprint density at radius 1 is 1.02 bits per heavy atom. The maximum absolute atomic E-state index is 15.6. The lowest BCUT2D eigenvalue weighted by Gasteiger charge is -2.20. The summed E-state index contributed by atoms with van der Waals surface area (Å²) in [5.74, 6) is -1.13. The van der Waals surface area contributed by atoms with E-state index in [9.17, 15) is 18.0 Å². The molecule has 3 aromatic heterocycles. The monoisotopic (exact) mass is 649 g/mol. The highest BCUT2D eigenvalue weighted by molar-refractivity contribution is 5.98. The van der Waals surface area contributed by atoms with Gasteiger partial charge in [0.25, 0.3) is 0 Å². The number of rotatable bonds is 9. The SMILES string of the molecule is C=Cc1c(-c2ncc(NC(=O)OC(C)(C)C)cc2C)n(-c2ccc(OCc3ccccc3)c(F)c2)c2c(OCC(F)(F)F)ncnc12. The zero-order valence-electron chi connectivity index (χ0n) is 26.0. The van der Waals surface area contributed by atoms with Crippen molar-refractivity contribution >= 4 is 28.9 Å². The van der Waals surface area contributed by atoms with Gasteiger partial charge >= 0.3 is 12.3 Å². The number of halogens is 4. The minimum atomic E-state index is -4.66. The first kappa shape index (κ1) is 32.9. The normalized spacial score (nSPS) is 11.7. The number of nitrogens with zero attached hydrogens (tertiary/aromatic N) is 4. The van der Waals surface area contributed by atoms with Crippen molar-refractivity contribution in [2.45, 2.75) is 46.1 Å². The van der Waals surface area contributed by atoms with Crippen LogP contribution in [-0.4, -0.2) is 44.0 Å². The molecule has 1 N–H and O–H groups in total. The number of hydrogen-bond donors (Lipinski definition) is 1. The number of fused-ring (bicyclic) bond motifs is 1. The summed E-state index contributed by atoms with van der Waals surface area (Å²) >= 11 is 0. The Balaban J connectivity index is 1.65. The summed E-state index contributed by atoms with van der Waals surface area (Å²) in [5.41, 5.74) is 2.49. The van der Waals surface area contributed by atoms with Gasteiger partial charge in [0.05, 0.1) is 23.3 Å². The molecule has 0 aliphatic heterocycles. The van der Waals surface area contributed by atoms with Crippen molar-refractivity contribution in [1.82, 2.24) is 19.5 Å². The van der Waals surface area contributed by atoms with E-state index in [2.05, 4.69) is 26.8 Å². The third-order valence-corrected chi connectivity index (χ3v) is 6.68. The molecule has 0 atom stereocenters. The second-order valence-electron chi connectivity index (χ2n) is 11.5. The number of hydrogen-bond acceptors (Lipinski definition) is 7. The summed E-state index contributed by atoms with van der Waals surface area (Å²) in [7, 11) is 0. The first-order valence-corrected chi connectivity index (χ1v) is 14.4. The van der Waals surface area contributed by atoms with Crippen molar-refractivity contribution in [1.29, 1.82) is 0 Å². The van der Waals surface area contributed by atoms with Gasteiger partial charge in [-0.15, -0.1) is 0 Å². The fourth-order valence-corrected chi connectivity index (χ4v) is 4.84. The molecule has 244 valence electrons. The van der Waals surface area contributed by atoms with E-state index in [1.54, 1.807) is 39.8 Å². The molecule has 0 radical (unpaired) electrons. The van der Waals surface area contributed by atoms with Crippen LogP contribution in [0.5, 0.6) is 11.6 Å². The number of aromatic nitrogens is 4. The lowest BCUT2D eigenvalue weighted by Crippen LogP contribution is -2.27. The highest BCUT2D eigenvalue weighted by Crippen LogP contribution is 2.41. The summed E-state index contributed by atoms with van der Waals surface area (Å²) < 4.78 is 73.0. The van der Waals surface area contributed by atoms with Gasteiger partial charge in [0.2, 0.25) is 5.88 Å². The van der Waals surface area contributed by atoms with Gasteiger partial charge in [-0.1, -0.05) is 43.0 Å². The molecule has 47 heavy (non-hydrogen) atoms. The van der Waals surface area contributed by atoms with Crippen LogP contribution >= 0.6 is 0 Å². The van der Waals surface area contributed by atoms with Crippen LogP contribution < -0.4 is 14.8 Å². The van der Waals surface area contributed by atoms with E-state index in [0.29, 0.717) is 28.2 Å². The number of benzene rings is 2. The Labute approximate surface area is 267 Å². The number of amides is 1. The summed E-state index contributed by atoms with van der Waals surface area (Å²) in [6, 6.07) is 15.0. The fraction of sp³-hybridized carbons (Fsp3) is 0.235. The van der Waals surface area contributed by atoms with Crippen molar-refractivity contribution in [3.8, 4) is 28.7 Å². The Bertz CT molecular complexity index is 1940. The lowest BCUT2D eigenvalue weighted by molar-refractivity contribution is -0.153. The standard InChI is InChI=1S/C34H31F4N5O4/c1-6-24-28-30(31(41-19-40-28)46-18-34(36,37)38)43(23-12-13-26(25(35)15-23)45-17-21-10-8-7-9-11-21)29(24)27-20(2)14-22(16-39-27)42-32(44)47-33(3,4)5/h6-16,19H,1,17-18H2,2-5H3,(H,42,44). The first-order valence-electron chi connectivity index (χ1n) is 14.4. The van der Waals surface area contributed by atoms with Crippen LogP contribution in [0, 0.1) is 12.7 Å². The quantitative estimate of drug-likeness (QED) is 0.160. The number of anilines is 1. The predicted molar refractivity (Wildman–Crippen MR) is 169 cm³/mol. The molecule has 0 aliphatic carbocycles. The fourth-order valence-electron chi connectivity index (χ4n) is 4.84. The number of aryl methyl sites for hydroxylation is 1. The van der Waals surface area contributed by atoms with Gasteiger partial charge < -0.3 is 18.8 Å². The highest BCUT2D eigenvalue weighted by Gasteiger charge is 2.31. The molecule has 2 aromatic carbocycles. The number of pyridine rings is 1. The average Bonchev–Trinajstić information content (AvgIpc) is 3.33. The maximum atomic E-state index is 15.6. The zero-order valence-corrected chi connectivity index (χ0v) is 26.0. The smallest absolute Gasteiger partial charge is 0.422 e. The molecule has 0 fully saturated rings. The van der Waals surface area contributed by atoms with Crippen LogP contribution in [-0.2, 0) is 11.3 Å². The van der Waals surface area contributed by atoms with Crippen LogP contribution in [0.15, 0.2) is 73.7 Å². The minimum absolute atomic E-state index is 0.0313. The summed E-state index contributed by atoms with van der Waals surface area (Å²) in [4.78, 5) is 25.3. The average molecular weight is 650 g/mol. The van der Waals surface area contributed by atoms with Crippen LogP contribution in [0.1, 0.15) is 37.5 Å². The molecular formula is C34H31F4N5O4. The Morgan fingerprint density at radius 3 is 2.40 bits per heavy atom.